The fraction of sp³-hybridized carbons (Fsp3) is 0.364. The number of anilines is 1. The van der Waals surface area contributed by atoms with Crippen molar-refractivity contribution in [2.45, 2.75) is 11.8 Å². The van der Waals surface area contributed by atoms with Crippen molar-refractivity contribution in [2.24, 2.45) is 4.99 Å². The summed E-state index contributed by atoms with van der Waals surface area (Å²) in [7, 11) is 0. The van der Waals surface area contributed by atoms with Gasteiger partial charge in [-0.1, -0.05) is 17.8 Å². The first-order valence-corrected chi connectivity index (χ1v) is 6.79. The number of aromatic amines is 1. The number of hydrogen-bond acceptors (Lipinski definition) is 4. The number of H-pyrrole nitrogens is 1. The van der Waals surface area contributed by atoms with Crippen LogP contribution in [0.15, 0.2) is 29.4 Å². The van der Waals surface area contributed by atoms with Crippen molar-refractivity contribution in [1.82, 2.24) is 4.90 Å². The van der Waals surface area contributed by atoms with Crippen LogP contribution in [0.3, 0.4) is 0 Å². The molecule has 0 aromatic carbocycles. The summed E-state index contributed by atoms with van der Waals surface area (Å²) in [6.45, 7) is 0.250. The van der Waals surface area contributed by atoms with Crippen LogP contribution < -0.4 is 10.3 Å². The number of alkyl halides is 3. The maximum absolute atomic E-state index is 13.4. The Labute approximate surface area is 116 Å². The number of nitrogens with zero attached hydrogens (tertiary/aromatic N) is 2. The highest BCUT2D eigenvalue weighted by Gasteiger charge is 2.70. The van der Waals surface area contributed by atoms with Gasteiger partial charge in [-0.05, 0) is 6.07 Å². The van der Waals surface area contributed by atoms with Gasteiger partial charge in [0.05, 0.1) is 6.20 Å². The number of thioether (sulfide) groups is 1. The highest BCUT2D eigenvalue weighted by Crippen LogP contribution is 2.42. The molecule has 1 fully saturated rings. The molecule has 3 rings (SSSR count). The Morgan fingerprint density at radius 2 is 2.25 bits per heavy atom. The summed E-state index contributed by atoms with van der Waals surface area (Å²) >= 11 is 1.15. The molecule has 9 heteroatoms. The second-order valence-corrected chi connectivity index (χ2v) is 5.37. The lowest BCUT2D eigenvalue weighted by Gasteiger charge is -2.24. The molecule has 0 saturated carbocycles. The number of nitrogens with one attached hydrogen (secondary N) is 2. The van der Waals surface area contributed by atoms with Crippen molar-refractivity contribution >= 4 is 28.7 Å². The van der Waals surface area contributed by atoms with Crippen LogP contribution in [-0.4, -0.2) is 40.1 Å². The smallest absolute Gasteiger partial charge is 0.284 e. The average molecular weight is 303 g/mol. The van der Waals surface area contributed by atoms with Crippen LogP contribution in [0, 0.1) is 0 Å². The second-order valence-electron chi connectivity index (χ2n) is 4.31. The number of amidine groups is 1. The van der Waals surface area contributed by atoms with E-state index in [0.29, 0.717) is 5.75 Å². The largest absolute Gasteiger partial charge is 0.464 e. The third-order valence-corrected chi connectivity index (χ3v) is 3.99. The molecule has 1 unspecified atom stereocenters. The van der Waals surface area contributed by atoms with Gasteiger partial charge in [0.25, 0.3) is 5.82 Å². The summed E-state index contributed by atoms with van der Waals surface area (Å²) in [5.74, 6) is -0.438. The van der Waals surface area contributed by atoms with Crippen LogP contribution in [0.5, 0.6) is 0 Å². The van der Waals surface area contributed by atoms with Gasteiger partial charge in [-0.2, -0.15) is 18.2 Å². The van der Waals surface area contributed by atoms with Gasteiger partial charge in [-0.15, -0.1) is 0 Å². The molecule has 5 nitrogen and oxygen atoms in total. The molecule has 1 aromatic heterocycles. The zero-order valence-electron chi connectivity index (χ0n) is 10.1. The van der Waals surface area contributed by atoms with Crippen molar-refractivity contribution in [3.8, 4) is 0 Å². The minimum atomic E-state index is -4.83. The summed E-state index contributed by atoms with van der Waals surface area (Å²) < 4.78 is 40.3. The Bertz CT molecular complexity index is 577. The molecular weight excluding hydrogens is 293 g/mol. The lowest BCUT2D eigenvalue weighted by atomic mass is 10.1. The predicted molar refractivity (Wildman–Crippen MR) is 67.0 cm³/mol. The minimum absolute atomic E-state index is 0.0775. The monoisotopic (exact) mass is 303 g/mol. The number of pyridine rings is 1. The molecule has 1 aromatic rings. The van der Waals surface area contributed by atoms with Crippen LogP contribution >= 0.6 is 11.8 Å². The molecular formula is C11H10F3N4OS+. The van der Waals surface area contributed by atoms with Crippen molar-refractivity contribution < 1.29 is 22.9 Å². The van der Waals surface area contributed by atoms with Crippen LogP contribution in [0.4, 0.5) is 19.0 Å². The molecule has 0 radical (unpaired) electrons. The fourth-order valence-electron chi connectivity index (χ4n) is 2.07. The Balaban J connectivity index is 2.03. The lowest BCUT2D eigenvalue weighted by molar-refractivity contribution is -0.362. The molecule has 2 N–H and O–H groups in total. The van der Waals surface area contributed by atoms with E-state index in [1.165, 1.54) is 12.3 Å². The maximum Gasteiger partial charge on any atom is 0.464 e. The highest BCUT2D eigenvalue weighted by atomic mass is 32.2. The molecule has 3 heterocycles. The first kappa shape index (κ1) is 13.2. The van der Waals surface area contributed by atoms with Gasteiger partial charge in [-0.25, -0.2) is 10.3 Å². The van der Waals surface area contributed by atoms with Gasteiger partial charge in [0, 0.05) is 18.4 Å². The van der Waals surface area contributed by atoms with Gasteiger partial charge in [0.2, 0.25) is 0 Å². The van der Waals surface area contributed by atoms with E-state index in [0.717, 1.165) is 16.7 Å². The van der Waals surface area contributed by atoms with E-state index in [9.17, 15) is 18.0 Å². The normalized spacial score (nSPS) is 25.6. The summed E-state index contributed by atoms with van der Waals surface area (Å²) in [4.78, 5) is 19.5. The lowest BCUT2D eigenvalue weighted by Crippen LogP contribution is -2.58. The van der Waals surface area contributed by atoms with Crippen LogP contribution in [0.2, 0.25) is 0 Å². The van der Waals surface area contributed by atoms with E-state index < -0.39 is 17.7 Å². The molecule has 1 atom stereocenters. The molecule has 0 spiro atoms. The molecule has 106 valence electrons. The predicted octanol–water partition coefficient (Wildman–Crippen LogP) is 1.12. The Hall–Kier alpha value is -1.77. The van der Waals surface area contributed by atoms with Gasteiger partial charge in [-0.3, -0.25) is 9.69 Å². The number of aliphatic imine (C=N–C) groups is 1. The Kier molecular flexibility index (Phi) is 2.89. The standard InChI is InChI=1S/C11H9F3N4OS/c12-11(13,14)10(16-7-3-1-2-4-15-7)8(19)18-5-6-20-9(18)17-10/h1-4H,5-6H2,(H,15,16)/p+1. The second kappa shape index (κ2) is 4.37. The maximum atomic E-state index is 13.4. The molecule has 1 amide bonds. The fourth-order valence-corrected chi connectivity index (χ4v) is 3.06. The van der Waals surface area contributed by atoms with Crippen molar-refractivity contribution in [2.75, 3.05) is 17.6 Å². The number of aromatic nitrogens is 1. The van der Waals surface area contributed by atoms with Crippen LogP contribution in [-0.2, 0) is 4.79 Å². The first-order valence-electron chi connectivity index (χ1n) is 5.80. The average Bonchev–Trinajstić information content (AvgIpc) is 2.93. The SMILES string of the molecule is O=C1N2CCSC2=NC1(Nc1cccc[nH+]1)C(F)(F)F. The molecule has 2 aliphatic rings. The third kappa shape index (κ3) is 1.84. The Morgan fingerprint density at radius 3 is 2.85 bits per heavy atom. The molecule has 0 aliphatic carbocycles. The number of halogens is 3. The number of carbonyl (C=O) groups is 1. The van der Waals surface area contributed by atoms with Gasteiger partial charge in [0.1, 0.15) is 0 Å². The first-order chi connectivity index (χ1) is 9.44. The van der Waals surface area contributed by atoms with Gasteiger partial charge < -0.3 is 0 Å². The summed E-state index contributed by atoms with van der Waals surface area (Å²) in [5, 5.41) is 2.32. The number of fused-ring (bicyclic) bond motifs is 1. The van der Waals surface area contributed by atoms with Crippen molar-refractivity contribution in [3.63, 3.8) is 0 Å². The third-order valence-electron chi connectivity index (χ3n) is 3.03. The number of hydrogen-bond donors (Lipinski definition) is 1. The van der Waals surface area contributed by atoms with E-state index in [1.807, 2.05) is 0 Å². The topological polar surface area (TPSA) is 58.8 Å². The van der Waals surface area contributed by atoms with Crippen molar-refractivity contribution in [3.05, 3.63) is 24.4 Å². The van der Waals surface area contributed by atoms with E-state index in [1.54, 1.807) is 12.1 Å². The molecule has 20 heavy (non-hydrogen) atoms. The highest BCUT2D eigenvalue weighted by molar-refractivity contribution is 8.14. The number of carbonyl (C=O) groups excluding carboxylic acids is 1. The van der Waals surface area contributed by atoms with E-state index in [-0.39, 0.29) is 17.5 Å². The van der Waals surface area contributed by atoms with E-state index in [2.05, 4.69) is 15.3 Å². The van der Waals surface area contributed by atoms with E-state index in [4.69, 9.17) is 0 Å². The number of rotatable bonds is 2. The van der Waals surface area contributed by atoms with E-state index >= 15 is 0 Å². The molecule has 1 saturated heterocycles. The Morgan fingerprint density at radius 1 is 1.45 bits per heavy atom. The molecule has 0 bridgehead atoms. The van der Waals surface area contributed by atoms with Gasteiger partial charge in [0.15, 0.2) is 5.17 Å². The minimum Gasteiger partial charge on any atom is -0.284 e. The quantitative estimate of drug-likeness (QED) is 0.890. The zero-order chi connectivity index (χ0) is 14.4. The summed E-state index contributed by atoms with van der Waals surface area (Å²) in [6.07, 6.45) is -3.36. The number of amides is 1. The molecule has 2 aliphatic heterocycles. The zero-order valence-corrected chi connectivity index (χ0v) is 10.9. The summed E-state index contributed by atoms with van der Waals surface area (Å²) in [5.41, 5.74) is -2.94. The van der Waals surface area contributed by atoms with Crippen molar-refractivity contribution in [1.29, 1.82) is 0 Å². The summed E-state index contributed by atoms with van der Waals surface area (Å²) in [6, 6.07) is 4.60. The van der Waals surface area contributed by atoms with Crippen LogP contribution in [0.1, 0.15) is 0 Å². The van der Waals surface area contributed by atoms with Crippen LogP contribution in [0.25, 0.3) is 0 Å². The van der Waals surface area contributed by atoms with Gasteiger partial charge >= 0.3 is 17.7 Å².